The van der Waals surface area contributed by atoms with Crippen LogP contribution in [0.1, 0.15) is 25.9 Å². The average Bonchev–Trinajstić information content (AvgIpc) is 2.87. The molecule has 0 aliphatic rings. The number of hydrogen-bond acceptors (Lipinski definition) is 5. The molecule has 2 rings (SSSR count). The van der Waals surface area contributed by atoms with E-state index in [1.165, 1.54) is 28.8 Å². The molecule has 0 spiro atoms. The lowest BCUT2D eigenvalue weighted by atomic mass is 10.2. The van der Waals surface area contributed by atoms with Crippen molar-refractivity contribution in [3.05, 3.63) is 45.7 Å². The smallest absolute Gasteiger partial charge is 0.355 e. The van der Waals surface area contributed by atoms with Gasteiger partial charge in [-0.2, -0.15) is 0 Å². The lowest BCUT2D eigenvalue weighted by Crippen LogP contribution is -2.26. The van der Waals surface area contributed by atoms with Gasteiger partial charge in [0, 0.05) is 24.0 Å². The van der Waals surface area contributed by atoms with Gasteiger partial charge in [0.2, 0.25) is 0 Å². The molecular formula is C13H12FN3O3S. The molecule has 8 heteroatoms. The summed E-state index contributed by atoms with van der Waals surface area (Å²) >= 11 is 1.20. The van der Waals surface area contributed by atoms with Gasteiger partial charge in [-0.05, 0) is 18.2 Å². The number of anilines is 1. The average molecular weight is 309 g/mol. The molecule has 0 bridgehead atoms. The number of hydrogen-bond donors (Lipinski definition) is 3. The SMILES string of the molecule is Nc1ccc(C(=O)NCCc2nc(C(=O)O)cs2)c(F)c1. The molecular weight excluding hydrogens is 297 g/mol. The molecule has 0 radical (unpaired) electrons. The number of carbonyl (C=O) groups is 2. The summed E-state index contributed by atoms with van der Waals surface area (Å²) in [6.45, 7) is 0.231. The fraction of sp³-hybridized carbons (Fsp3) is 0.154. The monoisotopic (exact) mass is 309 g/mol. The molecule has 4 N–H and O–H groups in total. The van der Waals surface area contributed by atoms with E-state index in [1.807, 2.05) is 0 Å². The Bertz CT molecular complexity index is 687. The van der Waals surface area contributed by atoms with Crippen molar-refractivity contribution in [2.75, 3.05) is 12.3 Å². The first-order valence-electron chi connectivity index (χ1n) is 5.98. The van der Waals surface area contributed by atoms with Crippen LogP contribution in [0.25, 0.3) is 0 Å². The van der Waals surface area contributed by atoms with Crippen molar-refractivity contribution in [1.82, 2.24) is 10.3 Å². The molecule has 2 aromatic rings. The summed E-state index contributed by atoms with van der Waals surface area (Å²) in [5.74, 6) is -2.33. The highest BCUT2D eigenvalue weighted by Crippen LogP contribution is 2.12. The van der Waals surface area contributed by atoms with E-state index in [2.05, 4.69) is 10.3 Å². The first-order valence-corrected chi connectivity index (χ1v) is 6.86. The van der Waals surface area contributed by atoms with Gasteiger partial charge < -0.3 is 16.2 Å². The number of amides is 1. The Morgan fingerprint density at radius 1 is 1.43 bits per heavy atom. The fourth-order valence-electron chi connectivity index (χ4n) is 1.62. The van der Waals surface area contributed by atoms with Crippen LogP contribution in [0.5, 0.6) is 0 Å². The Morgan fingerprint density at radius 3 is 2.81 bits per heavy atom. The summed E-state index contributed by atoms with van der Waals surface area (Å²) in [6, 6.07) is 3.83. The van der Waals surface area contributed by atoms with E-state index in [-0.39, 0.29) is 23.5 Å². The third-order valence-corrected chi connectivity index (χ3v) is 3.54. The second-order valence-corrected chi connectivity index (χ2v) is 5.12. The van der Waals surface area contributed by atoms with Crippen molar-refractivity contribution in [1.29, 1.82) is 0 Å². The molecule has 0 saturated heterocycles. The zero-order valence-electron chi connectivity index (χ0n) is 10.8. The van der Waals surface area contributed by atoms with Gasteiger partial charge in [0.25, 0.3) is 5.91 Å². The van der Waals surface area contributed by atoms with Gasteiger partial charge in [0.05, 0.1) is 10.6 Å². The summed E-state index contributed by atoms with van der Waals surface area (Å²) in [6.07, 6.45) is 0.375. The number of halogens is 1. The highest BCUT2D eigenvalue weighted by atomic mass is 32.1. The molecule has 0 unspecified atom stereocenters. The number of aromatic nitrogens is 1. The maximum Gasteiger partial charge on any atom is 0.355 e. The zero-order chi connectivity index (χ0) is 15.4. The van der Waals surface area contributed by atoms with Gasteiger partial charge in [-0.15, -0.1) is 11.3 Å². The van der Waals surface area contributed by atoms with Crippen LogP contribution in [0.2, 0.25) is 0 Å². The highest BCUT2D eigenvalue weighted by molar-refractivity contribution is 7.09. The lowest BCUT2D eigenvalue weighted by molar-refractivity contribution is 0.0690. The van der Waals surface area contributed by atoms with E-state index < -0.39 is 17.7 Å². The van der Waals surface area contributed by atoms with Crippen molar-refractivity contribution < 1.29 is 19.1 Å². The van der Waals surface area contributed by atoms with Gasteiger partial charge in [0.1, 0.15) is 5.82 Å². The van der Waals surface area contributed by atoms with Crippen molar-refractivity contribution >= 4 is 28.9 Å². The second-order valence-electron chi connectivity index (χ2n) is 4.18. The number of aromatic carboxylic acids is 1. The number of carbonyl (C=O) groups excluding carboxylic acids is 1. The van der Waals surface area contributed by atoms with Crippen LogP contribution in [0.4, 0.5) is 10.1 Å². The lowest BCUT2D eigenvalue weighted by Gasteiger charge is -2.05. The van der Waals surface area contributed by atoms with Crippen molar-refractivity contribution in [3.63, 3.8) is 0 Å². The van der Waals surface area contributed by atoms with E-state index in [0.29, 0.717) is 11.4 Å². The van der Waals surface area contributed by atoms with E-state index in [1.54, 1.807) is 0 Å². The summed E-state index contributed by atoms with van der Waals surface area (Å²) in [5.41, 5.74) is 5.54. The molecule has 1 heterocycles. The van der Waals surface area contributed by atoms with Crippen LogP contribution < -0.4 is 11.1 Å². The second kappa shape index (κ2) is 6.31. The van der Waals surface area contributed by atoms with Gasteiger partial charge in [-0.3, -0.25) is 4.79 Å². The number of nitrogens with two attached hydrogens (primary N) is 1. The van der Waals surface area contributed by atoms with Crippen LogP contribution in [0, 0.1) is 5.82 Å². The first kappa shape index (κ1) is 14.9. The Kier molecular flexibility index (Phi) is 4.49. The molecule has 110 valence electrons. The van der Waals surface area contributed by atoms with Crippen LogP contribution in [0.15, 0.2) is 23.6 Å². The normalized spacial score (nSPS) is 10.3. The number of nitrogen functional groups attached to an aromatic ring is 1. The molecule has 1 aromatic carbocycles. The Hall–Kier alpha value is -2.48. The van der Waals surface area contributed by atoms with Crippen LogP contribution >= 0.6 is 11.3 Å². The molecule has 6 nitrogen and oxygen atoms in total. The third-order valence-electron chi connectivity index (χ3n) is 2.63. The van der Waals surface area contributed by atoms with E-state index in [9.17, 15) is 14.0 Å². The molecule has 1 aromatic heterocycles. The largest absolute Gasteiger partial charge is 0.476 e. The molecule has 0 fully saturated rings. The number of nitrogens with zero attached hydrogens (tertiary/aromatic N) is 1. The maximum atomic E-state index is 13.5. The molecule has 0 saturated carbocycles. The number of carboxylic acid groups (broad SMARTS) is 1. The maximum absolute atomic E-state index is 13.5. The molecule has 0 aliphatic heterocycles. The Morgan fingerprint density at radius 2 is 2.19 bits per heavy atom. The summed E-state index contributed by atoms with van der Waals surface area (Å²) in [5, 5.41) is 13.3. The molecule has 1 amide bonds. The summed E-state index contributed by atoms with van der Waals surface area (Å²) < 4.78 is 13.5. The number of rotatable bonds is 5. The highest BCUT2D eigenvalue weighted by Gasteiger charge is 2.12. The van der Waals surface area contributed by atoms with Crippen molar-refractivity contribution in [3.8, 4) is 0 Å². The minimum absolute atomic E-state index is 0.0223. The third kappa shape index (κ3) is 3.76. The number of benzene rings is 1. The van der Waals surface area contributed by atoms with Gasteiger partial charge in [0.15, 0.2) is 5.69 Å². The minimum atomic E-state index is -1.09. The first-order chi connectivity index (χ1) is 9.97. The molecule has 0 aliphatic carbocycles. The quantitative estimate of drug-likeness (QED) is 0.726. The van der Waals surface area contributed by atoms with Gasteiger partial charge >= 0.3 is 5.97 Å². The van der Waals surface area contributed by atoms with Gasteiger partial charge in [-0.1, -0.05) is 0 Å². The Labute approximate surface area is 123 Å². The minimum Gasteiger partial charge on any atom is -0.476 e. The topological polar surface area (TPSA) is 105 Å². The predicted molar refractivity (Wildman–Crippen MR) is 75.9 cm³/mol. The summed E-state index contributed by atoms with van der Waals surface area (Å²) in [7, 11) is 0. The predicted octanol–water partition coefficient (Wildman–Crippen LogP) is 1.54. The Balaban J connectivity index is 1.90. The van der Waals surface area contributed by atoms with Crippen molar-refractivity contribution in [2.24, 2.45) is 0 Å². The van der Waals surface area contributed by atoms with E-state index >= 15 is 0 Å². The summed E-state index contributed by atoms with van der Waals surface area (Å²) in [4.78, 5) is 26.3. The zero-order valence-corrected chi connectivity index (χ0v) is 11.6. The number of nitrogens with one attached hydrogen (secondary N) is 1. The number of carboxylic acids is 1. The molecule has 0 atom stereocenters. The standard InChI is InChI=1S/C13H12FN3O3S/c14-9-5-7(15)1-2-8(9)12(18)16-4-3-11-17-10(6-21-11)13(19)20/h1-2,5-6H,3-4,15H2,(H,16,18)(H,19,20). The van der Waals surface area contributed by atoms with Crippen molar-refractivity contribution in [2.45, 2.75) is 6.42 Å². The van der Waals surface area contributed by atoms with E-state index in [4.69, 9.17) is 10.8 Å². The van der Waals surface area contributed by atoms with Gasteiger partial charge in [-0.25, -0.2) is 14.2 Å². The van der Waals surface area contributed by atoms with E-state index in [0.717, 1.165) is 6.07 Å². The van der Waals surface area contributed by atoms with Crippen LogP contribution in [-0.4, -0.2) is 28.5 Å². The fourth-order valence-corrected chi connectivity index (χ4v) is 2.39. The molecule has 21 heavy (non-hydrogen) atoms. The van der Waals surface area contributed by atoms with Crippen LogP contribution in [-0.2, 0) is 6.42 Å². The number of thiazole rings is 1. The van der Waals surface area contributed by atoms with Crippen LogP contribution in [0.3, 0.4) is 0 Å².